The number of anilines is 1. The summed E-state index contributed by atoms with van der Waals surface area (Å²) in [6, 6.07) is 11.4. The zero-order valence-electron chi connectivity index (χ0n) is 9.15. The topological polar surface area (TPSA) is 42.2 Å². The van der Waals surface area contributed by atoms with Crippen LogP contribution in [0.4, 0.5) is 5.69 Å². The lowest BCUT2D eigenvalue weighted by atomic mass is 10.2. The van der Waals surface area contributed by atoms with Crippen LogP contribution in [0.1, 0.15) is 12.2 Å². The molecule has 0 aliphatic carbocycles. The number of rotatable bonds is 4. The van der Waals surface area contributed by atoms with Crippen molar-refractivity contribution in [1.82, 2.24) is 0 Å². The third-order valence-corrected chi connectivity index (χ3v) is 3.03. The molecule has 0 fully saturated rings. The summed E-state index contributed by atoms with van der Waals surface area (Å²) in [6.07, 6.45) is 2.68. The van der Waals surface area contributed by atoms with E-state index in [-0.39, 0.29) is 5.91 Å². The van der Waals surface area contributed by atoms with Crippen LogP contribution in [0.2, 0.25) is 0 Å². The zero-order chi connectivity index (χ0) is 12.1. The van der Waals surface area contributed by atoms with Crippen LogP contribution in [-0.4, -0.2) is 5.91 Å². The lowest BCUT2D eigenvalue weighted by molar-refractivity contribution is -0.116. The summed E-state index contributed by atoms with van der Waals surface area (Å²) < 4.78 is 6.32. The number of furan rings is 1. The molecule has 17 heavy (non-hydrogen) atoms. The van der Waals surface area contributed by atoms with Crippen molar-refractivity contribution in [3.8, 4) is 0 Å². The Morgan fingerprint density at radius 1 is 1.24 bits per heavy atom. The van der Waals surface area contributed by atoms with Crippen molar-refractivity contribution in [3.63, 3.8) is 0 Å². The Balaban J connectivity index is 1.83. The van der Waals surface area contributed by atoms with Gasteiger partial charge in [-0.3, -0.25) is 4.79 Å². The maximum Gasteiger partial charge on any atom is 0.224 e. The standard InChI is InChI=1S/C13H12INO2/c14-10-3-5-11(6-4-10)15-13(16)8-7-12-2-1-9-17-12/h1-6,9H,7-8H2,(H,15,16). The van der Waals surface area contributed by atoms with Crippen molar-refractivity contribution in [3.05, 3.63) is 52.0 Å². The van der Waals surface area contributed by atoms with Gasteiger partial charge in [-0.15, -0.1) is 0 Å². The summed E-state index contributed by atoms with van der Waals surface area (Å²) in [7, 11) is 0. The Morgan fingerprint density at radius 2 is 2.00 bits per heavy atom. The van der Waals surface area contributed by atoms with Crippen LogP contribution >= 0.6 is 22.6 Å². The molecule has 88 valence electrons. The number of nitrogens with one attached hydrogen (secondary N) is 1. The minimum atomic E-state index is 0.00241. The van der Waals surface area contributed by atoms with Crippen molar-refractivity contribution in [1.29, 1.82) is 0 Å². The quantitative estimate of drug-likeness (QED) is 0.866. The minimum absolute atomic E-state index is 0.00241. The van der Waals surface area contributed by atoms with Gasteiger partial charge in [0.15, 0.2) is 0 Å². The molecule has 3 nitrogen and oxygen atoms in total. The molecule has 0 aliphatic rings. The molecule has 2 aromatic rings. The van der Waals surface area contributed by atoms with E-state index in [9.17, 15) is 4.79 Å². The van der Waals surface area contributed by atoms with E-state index in [1.165, 1.54) is 0 Å². The van der Waals surface area contributed by atoms with Gasteiger partial charge in [0.2, 0.25) is 5.91 Å². The number of carbonyl (C=O) groups is 1. The van der Waals surface area contributed by atoms with Crippen molar-refractivity contribution >= 4 is 34.2 Å². The number of amides is 1. The van der Waals surface area contributed by atoms with Gasteiger partial charge in [0.05, 0.1) is 6.26 Å². The highest BCUT2D eigenvalue weighted by atomic mass is 127. The molecule has 1 aromatic carbocycles. The summed E-state index contributed by atoms with van der Waals surface area (Å²) in [5, 5.41) is 2.85. The first kappa shape index (κ1) is 12.2. The predicted octanol–water partition coefficient (Wildman–Crippen LogP) is 3.46. The summed E-state index contributed by atoms with van der Waals surface area (Å²) in [5.74, 6) is 0.838. The molecule has 0 saturated heterocycles. The molecular formula is C13H12INO2. The van der Waals surface area contributed by atoms with Gasteiger partial charge in [0, 0.05) is 22.1 Å². The monoisotopic (exact) mass is 341 g/mol. The summed E-state index contributed by atoms with van der Waals surface area (Å²) >= 11 is 2.23. The normalized spacial score (nSPS) is 10.2. The van der Waals surface area contributed by atoms with Crippen LogP contribution in [0, 0.1) is 3.57 Å². The van der Waals surface area contributed by atoms with Gasteiger partial charge in [0.1, 0.15) is 5.76 Å². The maximum absolute atomic E-state index is 11.6. The molecule has 1 N–H and O–H groups in total. The number of hydrogen-bond acceptors (Lipinski definition) is 2. The van der Waals surface area contributed by atoms with Gasteiger partial charge >= 0.3 is 0 Å². The smallest absolute Gasteiger partial charge is 0.224 e. The van der Waals surface area contributed by atoms with Gasteiger partial charge in [-0.1, -0.05) is 0 Å². The number of carbonyl (C=O) groups excluding carboxylic acids is 1. The van der Waals surface area contributed by atoms with E-state index < -0.39 is 0 Å². The first-order valence-electron chi connectivity index (χ1n) is 5.32. The average molecular weight is 341 g/mol. The second-order valence-electron chi connectivity index (χ2n) is 3.63. The van der Waals surface area contributed by atoms with Crippen molar-refractivity contribution in [2.45, 2.75) is 12.8 Å². The number of benzene rings is 1. The lowest BCUT2D eigenvalue weighted by Gasteiger charge is -2.04. The molecule has 0 atom stereocenters. The van der Waals surface area contributed by atoms with Crippen LogP contribution in [0.15, 0.2) is 47.1 Å². The molecule has 1 heterocycles. The highest BCUT2D eigenvalue weighted by Gasteiger charge is 2.04. The molecule has 4 heteroatoms. The van der Waals surface area contributed by atoms with Crippen molar-refractivity contribution in [2.24, 2.45) is 0 Å². The lowest BCUT2D eigenvalue weighted by Crippen LogP contribution is -2.12. The Kier molecular flexibility index (Phi) is 4.19. The highest BCUT2D eigenvalue weighted by molar-refractivity contribution is 14.1. The van der Waals surface area contributed by atoms with Gasteiger partial charge in [0.25, 0.3) is 0 Å². The molecule has 2 rings (SSSR count). The first-order valence-corrected chi connectivity index (χ1v) is 6.40. The highest BCUT2D eigenvalue weighted by Crippen LogP contribution is 2.12. The van der Waals surface area contributed by atoms with Crippen LogP contribution in [-0.2, 0) is 11.2 Å². The third kappa shape index (κ3) is 3.89. The van der Waals surface area contributed by atoms with Crippen LogP contribution in [0.25, 0.3) is 0 Å². The molecule has 0 radical (unpaired) electrons. The minimum Gasteiger partial charge on any atom is -0.469 e. The van der Waals surface area contributed by atoms with E-state index >= 15 is 0 Å². The summed E-state index contributed by atoms with van der Waals surface area (Å²) in [6.45, 7) is 0. The Morgan fingerprint density at radius 3 is 2.65 bits per heavy atom. The largest absolute Gasteiger partial charge is 0.469 e. The zero-order valence-corrected chi connectivity index (χ0v) is 11.3. The first-order chi connectivity index (χ1) is 8.24. The van der Waals surface area contributed by atoms with Crippen molar-refractivity contribution in [2.75, 3.05) is 5.32 Å². The number of hydrogen-bond donors (Lipinski definition) is 1. The van der Waals surface area contributed by atoms with E-state index in [2.05, 4.69) is 27.9 Å². The van der Waals surface area contributed by atoms with Gasteiger partial charge in [-0.25, -0.2) is 0 Å². The van der Waals surface area contributed by atoms with E-state index in [0.717, 1.165) is 15.0 Å². The second-order valence-corrected chi connectivity index (χ2v) is 4.88. The van der Waals surface area contributed by atoms with Gasteiger partial charge in [-0.05, 0) is 59.0 Å². The molecule has 1 aromatic heterocycles. The Hall–Kier alpha value is -1.30. The SMILES string of the molecule is O=C(CCc1ccco1)Nc1ccc(I)cc1. The van der Waals surface area contributed by atoms with Crippen LogP contribution < -0.4 is 5.32 Å². The molecule has 0 saturated carbocycles. The van der Waals surface area contributed by atoms with Crippen molar-refractivity contribution < 1.29 is 9.21 Å². The van der Waals surface area contributed by atoms with Gasteiger partial charge < -0.3 is 9.73 Å². The summed E-state index contributed by atoms with van der Waals surface area (Å²) in [4.78, 5) is 11.6. The number of aryl methyl sites for hydroxylation is 1. The molecule has 0 spiro atoms. The molecule has 0 unspecified atom stereocenters. The van der Waals surface area contributed by atoms with E-state index in [1.54, 1.807) is 6.26 Å². The van der Waals surface area contributed by atoms with E-state index in [4.69, 9.17) is 4.42 Å². The fourth-order valence-corrected chi connectivity index (χ4v) is 1.81. The average Bonchev–Trinajstić information content (AvgIpc) is 2.83. The summed E-state index contributed by atoms with van der Waals surface area (Å²) in [5.41, 5.74) is 0.829. The Labute approximate surface area is 113 Å². The molecule has 0 aliphatic heterocycles. The van der Waals surface area contributed by atoms with Gasteiger partial charge in [-0.2, -0.15) is 0 Å². The predicted molar refractivity (Wildman–Crippen MR) is 74.8 cm³/mol. The third-order valence-electron chi connectivity index (χ3n) is 2.31. The number of halogens is 1. The molecule has 1 amide bonds. The fourth-order valence-electron chi connectivity index (χ4n) is 1.45. The maximum atomic E-state index is 11.6. The molecule has 0 bridgehead atoms. The van der Waals surface area contributed by atoms with Crippen LogP contribution in [0.5, 0.6) is 0 Å². The van der Waals surface area contributed by atoms with E-state index in [1.807, 2.05) is 36.4 Å². The van der Waals surface area contributed by atoms with E-state index in [0.29, 0.717) is 12.8 Å². The fraction of sp³-hybridized carbons (Fsp3) is 0.154. The second kappa shape index (κ2) is 5.86. The van der Waals surface area contributed by atoms with Crippen LogP contribution in [0.3, 0.4) is 0 Å². The molecular weight excluding hydrogens is 329 g/mol. The Bertz CT molecular complexity index is 477.